The zero-order valence-corrected chi connectivity index (χ0v) is 19.2. The lowest BCUT2D eigenvalue weighted by Gasteiger charge is -2.10. The summed E-state index contributed by atoms with van der Waals surface area (Å²) in [4.78, 5) is 18.0. The number of hydrogen-bond donors (Lipinski definition) is 1. The number of nitrogens with one attached hydrogen (secondary N) is 1. The molecule has 5 aromatic rings. The van der Waals surface area contributed by atoms with Crippen molar-refractivity contribution in [3.8, 4) is 33.9 Å². The summed E-state index contributed by atoms with van der Waals surface area (Å²) in [6.45, 7) is 0.207. The maximum atomic E-state index is 13.2. The average Bonchev–Trinajstić information content (AvgIpc) is 3.41. The van der Waals surface area contributed by atoms with E-state index in [2.05, 4.69) is 34.8 Å². The molecule has 1 aliphatic heterocycles. The molecule has 1 aliphatic rings. The summed E-state index contributed by atoms with van der Waals surface area (Å²) in [7, 11) is 0. The van der Waals surface area contributed by atoms with Crippen molar-refractivity contribution in [2.75, 3.05) is 6.79 Å². The van der Waals surface area contributed by atoms with E-state index in [9.17, 15) is 4.79 Å². The van der Waals surface area contributed by atoms with Crippen molar-refractivity contribution in [3.63, 3.8) is 0 Å². The number of carbonyl (C=O) groups excluding carboxylic acids is 1. The fourth-order valence-corrected chi connectivity index (χ4v) is 4.19. The highest BCUT2D eigenvalue weighted by atomic mass is 16.7. The Kier molecular flexibility index (Phi) is 5.60. The zero-order chi connectivity index (χ0) is 24.3. The minimum absolute atomic E-state index is 0.207. The Labute approximate surface area is 207 Å². The molecule has 6 nitrogen and oxygen atoms in total. The van der Waals surface area contributed by atoms with Crippen molar-refractivity contribution in [3.05, 3.63) is 114 Å². The van der Waals surface area contributed by atoms with Crippen LogP contribution in [0.15, 0.2) is 108 Å². The molecule has 1 amide bonds. The van der Waals surface area contributed by atoms with Gasteiger partial charge in [-0.1, -0.05) is 72.8 Å². The summed E-state index contributed by atoms with van der Waals surface area (Å²) >= 11 is 0. The molecule has 0 spiro atoms. The molecule has 36 heavy (non-hydrogen) atoms. The van der Waals surface area contributed by atoms with Crippen molar-refractivity contribution < 1.29 is 14.3 Å². The van der Waals surface area contributed by atoms with Crippen LogP contribution in [0, 0.1) is 0 Å². The summed E-state index contributed by atoms with van der Waals surface area (Å²) < 4.78 is 10.7. The highest BCUT2D eigenvalue weighted by molar-refractivity contribution is 6.07. The van der Waals surface area contributed by atoms with Gasteiger partial charge in [0.2, 0.25) is 6.79 Å². The second kappa shape index (κ2) is 9.35. The number of pyridine rings is 1. The van der Waals surface area contributed by atoms with Gasteiger partial charge in [-0.05, 0) is 47.0 Å². The van der Waals surface area contributed by atoms with Gasteiger partial charge in [0.15, 0.2) is 11.5 Å². The molecule has 1 N–H and O–H groups in total. The third-order valence-corrected chi connectivity index (χ3v) is 6.02. The molecule has 6 heteroatoms. The van der Waals surface area contributed by atoms with Crippen molar-refractivity contribution in [1.29, 1.82) is 0 Å². The molecular formula is C30H21N3O3. The van der Waals surface area contributed by atoms with Crippen LogP contribution < -0.4 is 14.9 Å². The van der Waals surface area contributed by atoms with Crippen LogP contribution in [0.2, 0.25) is 0 Å². The molecule has 0 saturated carbocycles. The molecule has 0 radical (unpaired) electrons. The van der Waals surface area contributed by atoms with E-state index >= 15 is 0 Å². The molecule has 6 rings (SSSR count). The molecule has 174 valence electrons. The number of hydrogen-bond acceptors (Lipinski definition) is 5. The number of fused-ring (bicyclic) bond motifs is 2. The third kappa shape index (κ3) is 4.28. The molecule has 0 unspecified atom stereocenters. The second-order valence-corrected chi connectivity index (χ2v) is 8.33. The second-order valence-electron chi connectivity index (χ2n) is 8.33. The highest BCUT2D eigenvalue weighted by Crippen LogP contribution is 2.32. The maximum absolute atomic E-state index is 13.2. The van der Waals surface area contributed by atoms with Crippen LogP contribution in [0.4, 0.5) is 0 Å². The Balaban J connectivity index is 1.28. The first kappa shape index (κ1) is 21.6. The number of hydrazone groups is 1. The van der Waals surface area contributed by atoms with Crippen LogP contribution >= 0.6 is 0 Å². The van der Waals surface area contributed by atoms with E-state index in [1.54, 1.807) is 6.21 Å². The zero-order valence-electron chi connectivity index (χ0n) is 19.2. The predicted octanol–water partition coefficient (Wildman–Crippen LogP) is 6.06. The van der Waals surface area contributed by atoms with Crippen molar-refractivity contribution in [2.45, 2.75) is 0 Å². The van der Waals surface area contributed by atoms with Crippen LogP contribution in [0.25, 0.3) is 33.3 Å². The molecule has 0 bridgehead atoms. The number of benzene rings is 4. The van der Waals surface area contributed by atoms with Crippen LogP contribution in [0.1, 0.15) is 15.9 Å². The molecular weight excluding hydrogens is 450 g/mol. The quantitative estimate of drug-likeness (QED) is 0.250. The summed E-state index contributed by atoms with van der Waals surface area (Å²) in [6.07, 6.45) is 1.58. The molecule has 0 saturated heterocycles. The molecule has 0 atom stereocenters. The van der Waals surface area contributed by atoms with Crippen molar-refractivity contribution in [2.24, 2.45) is 5.10 Å². The molecule has 0 aliphatic carbocycles. The monoisotopic (exact) mass is 471 g/mol. The van der Waals surface area contributed by atoms with E-state index in [4.69, 9.17) is 14.5 Å². The number of nitrogens with zero attached hydrogens (tertiary/aromatic N) is 2. The Hall–Kier alpha value is -4.97. The first-order valence-corrected chi connectivity index (χ1v) is 11.5. The first-order chi connectivity index (χ1) is 17.7. The Morgan fingerprint density at radius 1 is 0.778 bits per heavy atom. The SMILES string of the molecule is O=C(NN=Cc1ccc2c(c1)OCO2)c1cc(-c2ccc(-c3ccccc3)cc2)nc2ccccc12. The lowest BCUT2D eigenvalue weighted by molar-refractivity contribution is 0.0956. The topological polar surface area (TPSA) is 72.8 Å². The fourth-order valence-electron chi connectivity index (χ4n) is 4.19. The smallest absolute Gasteiger partial charge is 0.272 e. The summed E-state index contributed by atoms with van der Waals surface area (Å²) in [5, 5.41) is 4.92. The van der Waals surface area contributed by atoms with Crippen molar-refractivity contribution >= 4 is 23.0 Å². The third-order valence-electron chi connectivity index (χ3n) is 6.02. The first-order valence-electron chi connectivity index (χ1n) is 11.5. The normalized spacial score (nSPS) is 12.2. The van der Waals surface area contributed by atoms with Gasteiger partial charge in [0.25, 0.3) is 5.91 Å². The van der Waals surface area contributed by atoms with Gasteiger partial charge in [-0.15, -0.1) is 0 Å². The van der Waals surface area contributed by atoms with E-state index < -0.39 is 0 Å². The molecule has 1 aromatic heterocycles. The Morgan fingerprint density at radius 2 is 1.50 bits per heavy atom. The predicted molar refractivity (Wildman–Crippen MR) is 140 cm³/mol. The number of amides is 1. The van der Waals surface area contributed by atoms with Crippen molar-refractivity contribution in [1.82, 2.24) is 10.4 Å². The van der Waals surface area contributed by atoms with Gasteiger partial charge < -0.3 is 9.47 Å². The number of carbonyl (C=O) groups is 1. The van der Waals surface area contributed by atoms with Gasteiger partial charge in [-0.3, -0.25) is 4.79 Å². The van der Waals surface area contributed by atoms with Gasteiger partial charge >= 0.3 is 0 Å². The largest absolute Gasteiger partial charge is 0.454 e. The molecule has 0 fully saturated rings. The van der Waals surface area contributed by atoms with Gasteiger partial charge in [0, 0.05) is 10.9 Å². The number of rotatable bonds is 5. The van der Waals surface area contributed by atoms with E-state index in [0.29, 0.717) is 17.1 Å². The summed E-state index contributed by atoms with van der Waals surface area (Å²) in [5.41, 5.74) is 8.61. The summed E-state index contributed by atoms with van der Waals surface area (Å²) in [6, 6.07) is 33.3. The summed E-state index contributed by atoms with van der Waals surface area (Å²) in [5.74, 6) is 1.05. The van der Waals surface area contributed by atoms with Crippen LogP contribution in [-0.4, -0.2) is 23.9 Å². The highest BCUT2D eigenvalue weighted by Gasteiger charge is 2.15. The Bertz CT molecular complexity index is 1600. The number of aromatic nitrogens is 1. The lowest BCUT2D eigenvalue weighted by atomic mass is 10.0. The average molecular weight is 472 g/mol. The number of para-hydroxylation sites is 1. The van der Waals surface area contributed by atoms with Gasteiger partial charge in [-0.2, -0.15) is 5.10 Å². The maximum Gasteiger partial charge on any atom is 0.272 e. The minimum atomic E-state index is -0.312. The molecule has 2 heterocycles. The van der Waals surface area contributed by atoms with E-state index in [-0.39, 0.29) is 12.7 Å². The van der Waals surface area contributed by atoms with Gasteiger partial charge in [-0.25, -0.2) is 10.4 Å². The van der Waals surface area contributed by atoms with E-state index in [1.807, 2.05) is 78.9 Å². The molecule has 4 aromatic carbocycles. The number of ether oxygens (including phenoxy) is 2. The van der Waals surface area contributed by atoms with Crippen LogP contribution in [0.3, 0.4) is 0 Å². The lowest BCUT2D eigenvalue weighted by Crippen LogP contribution is -2.18. The Morgan fingerprint density at radius 3 is 2.36 bits per heavy atom. The van der Waals surface area contributed by atoms with Gasteiger partial charge in [0.05, 0.1) is 23.0 Å². The van der Waals surface area contributed by atoms with E-state index in [1.165, 1.54) is 0 Å². The van der Waals surface area contributed by atoms with Gasteiger partial charge in [0.1, 0.15) is 0 Å². The van der Waals surface area contributed by atoms with E-state index in [0.717, 1.165) is 38.9 Å². The fraction of sp³-hybridized carbons (Fsp3) is 0.0333. The standard InChI is InChI=1S/C30H21N3O3/c34-30(33-31-18-20-10-15-28-29(16-20)36-19-35-28)25-17-27(32-26-9-5-4-8-24(25)26)23-13-11-22(12-14-23)21-6-2-1-3-7-21/h1-18H,19H2,(H,33,34). The minimum Gasteiger partial charge on any atom is -0.454 e. The van der Waals surface area contributed by atoms with Crippen LogP contribution in [-0.2, 0) is 0 Å². The van der Waals surface area contributed by atoms with Crippen LogP contribution in [0.5, 0.6) is 11.5 Å².